The van der Waals surface area contributed by atoms with Crippen LogP contribution in [0.4, 0.5) is 4.39 Å². The van der Waals surface area contributed by atoms with E-state index >= 15 is 0 Å². The average Bonchev–Trinajstić information content (AvgIpc) is 3.05. The zero-order valence-electron chi connectivity index (χ0n) is 11.0. The highest BCUT2D eigenvalue weighted by Gasteiger charge is 2.17. The largest absolute Gasteiger partial charge is 0.320 e. The standard InChI is InChI=1S/C15H14ClFN2S/c1-10(11-5-7-20-9-11)19-14-8-12(17)2-3-13(14)18-15(19)4-6-16/h2-3,5,7-10H,4,6H2,1H3. The molecule has 0 bridgehead atoms. The summed E-state index contributed by atoms with van der Waals surface area (Å²) in [5.74, 6) is 1.16. The molecule has 0 spiro atoms. The Morgan fingerprint density at radius 2 is 2.25 bits per heavy atom. The van der Waals surface area contributed by atoms with Gasteiger partial charge in [0, 0.05) is 12.3 Å². The highest BCUT2D eigenvalue weighted by Crippen LogP contribution is 2.28. The van der Waals surface area contributed by atoms with E-state index in [1.807, 2.05) is 5.38 Å². The van der Waals surface area contributed by atoms with Gasteiger partial charge in [0.05, 0.1) is 17.1 Å². The molecule has 1 atom stereocenters. The number of alkyl halides is 1. The molecule has 0 N–H and O–H groups in total. The highest BCUT2D eigenvalue weighted by atomic mass is 35.5. The molecule has 3 aromatic rings. The first-order chi connectivity index (χ1) is 9.70. The van der Waals surface area contributed by atoms with Crippen LogP contribution in [0.3, 0.4) is 0 Å². The zero-order chi connectivity index (χ0) is 14.1. The maximum atomic E-state index is 13.6. The molecule has 1 unspecified atom stereocenters. The summed E-state index contributed by atoms with van der Waals surface area (Å²) in [5.41, 5.74) is 2.84. The molecule has 0 aliphatic carbocycles. The number of hydrogen-bond donors (Lipinski definition) is 0. The molecule has 0 saturated carbocycles. The molecule has 3 rings (SSSR count). The fraction of sp³-hybridized carbons (Fsp3) is 0.267. The Bertz CT molecular complexity index is 721. The number of imidazole rings is 1. The van der Waals surface area contributed by atoms with E-state index < -0.39 is 0 Å². The van der Waals surface area contributed by atoms with Gasteiger partial charge in [0.15, 0.2) is 0 Å². The van der Waals surface area contributed by atoms with Crippen molar-refractivity contribution in [3.63, 3.8) is 0 Å². The number of aromatic nitrogens is 2. The van der Waals surface area contributed by atoms with Gasteiger partial charge in [-0.05, 0) is 47.5 Å². The summed E-state index contributed by atoms with van der Waals surface area (Å²) in [7, 11) is 0. The maximum absolute atomic E-state index is 13.6. The molecule has 104 valence electrons. The van der Waals surface area contributed by atoms with Gasteiger partial charge in [-0.25, -0.2) is 9.37 Å². The van der Waals surface area contributed by atoms with Crippen LogP contribution in [0.25, 0.3) is 11.0 Å². The Morgan fingerprint density at radius 3 is 2.95 bits per heavy atom. The van der Waals surface area contributed by atoms with Gasteiger partial charge in [0.1, 0.15) is 11.6 Å². The number of halogens is 2. The second-order valence-corrected chi connectivity index (χ2v) is 5.86. The Hall–Kier alpha value is -1.39. The molecule has 0 saturated heterocycles. The second kappa shape index (κ2) is 5.54. The number of aryl methyl sites for hydroxylation is 1. The van der Waals surface area contributed by atoms with E-state index in [0.29, 0.717) is 12.3 Å². The molecule has 2 heterocycles. The molecule has 2 nitrogen and oxygen atoms in total. The van der Waals surface area contributed by atoms with Crippen molar-refractivity contribution in [2.24, 2.45) is 0 Å². The summed E-state index contributed by atoms with van der Waals surface area (Å²) >= 11 is 7.53. The first-order valence-corrected chi connectivity index (χ1v) is 7.93. The third kappa shape index (κ3) is 2.34. The van der Waals surface area contributed by atoms with Crippen molar-refractivity contribution < 1.29 is 4.39 Å². The van der Waals surface area contributed by atoms with Crippen molar-refractivity contribution in [3.05, 3.63) is 52.2 Å². The van der Waals surface area contributed by atoms with Gasteiger partial charge in [-0.1, -0.05) is 0 Å². The third-order valence-electron chi connectivity index (χ3n) is 3.46. The van der Waals surface area contributed by atoms with Crippen molar-refractivity contribution in [1.29, 1.82) is 0 Å². The van der Waals surface area contributed by atoms with E-state index in [1.54, 1.807) is 23.5 Å². The molecule has 1 aromatic carbocycles. The molecule has 20 heavy (non-hydrogen) atoms. The fourth-order valence-electron chi connectivity index (χ4n) is 2.47. The Balaban J connectivity index is 2.19. The number of nitrogens with zero attached hydrogens (tertiary/aromatic N) is 2. The predicted molar refractivity (Wildman–Crippen MR) is 82.2 cm³/mol. The van der Waals surface area contributed by atoms with Gasteiger partial charge in [0.2, 0.25) is 0 Å². The van der Waals surface area contributed by atoms with Gasteiger partial charge in [-0.15, -0.1) is 11.6 Å². The first-order valence-electron chi connectivity index (χ1n) is 6.45. The normalized spacial score (nSPS) is 12.9. The van der Waals surface area contributed by atoms with Crippen LogP contribution in [0.2, 0.25) is 0 Å². The van der Waals surface area contributed by atoms with Crippen molar-refractivity contribution in [2.75, 3.05) is 5.88 Å². The summed E-state index contributed by atoms with van der Waals surface area (Å²) in [6.45, 7) is 2.10. The van der Waals surface area contributed by atoms with Crippen molar-refractivity contribution in [3.8, 4) is 0 Å². The summed E-state index contributed by atoms with van der Waals surface area (Å²) in [5, 5.41) is 4.16. The highest BCUT2D eigenvalue weighted by molar-refractivity contribution is 7.07. The van der Waals surface area contributed by atoms with Gasteiger partial charge >= 0.3 is 0 Å². The van der Waals surface area contributed by atoms with E-state index in [-0.39, 0.29) is 11.9 Å². The van der Waals surface area contributed by atoms with Crippen LogP contribution < -0.4 is 0 Å². The topological polar surface area (TPSA) is 17.8 Å². The van der Waals surface area contributed by atoms with Gasteiger partial charge in [0.25, 0.3) is 0 Å². The van der Waals surface area contributed by atoms with Gasteiger partial charge in [-0.3, -0.25) is 0 Å². The average molecular weight is 309 g/mol. The molecule has 5 heteroatoms. The Kier molecular flexibility index (Phi) is 3.76. The maximum Gasteiger partial charge on any atom is 0.125 e. The van der Waals surface area contributed by atoms with E-state index in [2.05, 4.69) is 27.9 Å². The Morgan fingerprint density at radius 1 is 1.40 bits per heavy atom. The van der Waals surface area contributed by atoms with Crippen LogP contribution in [0.1, 0.15) is 24.4 Å². The molecule has 0 aliphatic rings. The van der Waals surface area contributed by atoms with Crippen molar-refractivity contribution >= 4 is 34.0 Å². The van der Waals surface area contributed by atoms with Gasteiger partial charge < -0.3 is 4.57 Å². The van der Waals surface area contributed by atoms with Crippen molar-refractivity contribution in [2.45, 2.75) is 19.4 Å². The van der Waals surface area contributed by atoms with Crippen LogP contribution in [0, 0.1) is 5.82 Å². The fourth-order valence-corrected chi connectivity index (χ4v) is 3.39. The lowest BCUT2D eigenvalue weighted by atomic mass is 10.1. The molecule has 0 radical (unpaired) electrons. The zero-order valence-corrected chi connectivity index (χ0v) is 12.6. The van der Waals surface area contributed by atoms with Crippen LogP contribution in [0.15, 0.2) is 35.0 Å². The minimum atomic E-state index is -0.242. The smallest absolute Gasteiger partial charge is 0.125 e. The summed E-state index contributed by atoms with van der Waals surface area (Å²) < 4.78 is 15.6. The van der Waals surface area contributed by atoms with E-state index in [0.717, 1.165) is 16.9 Å². The first kappa shape index (κ1) is 13.6. The van der Waals surface area contributed by atoms with Gasteiger partial charge in [-0.2, -0.15) is 11.3 Å². The molecular formula is C15H14ClFN2S. The van der Waals surface area contributed by atoms with E-state index in [1.165, 1.54) is 11.6 Å². The van der Waals surface area contributed by atoms with E-state index in [9.17, 15) is 4.39 Å². The number of fused-ring (bicyclic) bond motifs is 1. The number of benzene rings is 1. The summed E-state index contributed by atoms with van der Waals surface area (Å²) in [6.07, 6.45) is 0.673. The minimum absolute atomic E-state index is 0.117. The molecular weight excluding hydrogens is 295 g/mol. The lowest BCUT2D eigenvalue weighted by molar-refractivity contribution is 0.614. The summed E-state index contributed by atoms with van der Waals surface area (Å²) in [4.78, 5) is 4.59. The lowest BCUT2D eigenvalue weighted by Crippen LogP contribution is -2.10. The van der Waals surface area contributed by atoms with E-state index in [4.69, 9.17) is 11.6 Å². The second-order valence-electron chi connectivity index (χ2n) is 4.70. The monoisotopic (exact) mass is 308 g/mol. The third-order valence-corrected chi connectivity index (χ3v) is 4.35. The number of hydrogen-bond acceptors (Lipinski definition) is 2. The summed E-state index contributed by atoms with van der Waals surface area (Å²) in [6, 6.07) is 6.92. The SMILES string of the molecule is CC(c1ccsc1)n1c(CCCl)nc2ccc(F)cc21. The van der Waals surface area contributed by atoms with Crippen LogP contribution in [0.5, 0.6) is 0 Å². The molecule has 2 aromatic heterocycles. The molecule has 0 amide bonds. The van der Waals surface area contributed by atoms with Crippen LogP contribution >= 0.6 is 22.9 Å². The minimum Gasteiger partial charge on any atom is -0.320 e. The number of thiophene rings is 1. The molecule has 0 fully saturated rings. The molecule has 0 aliphatic heterocycles. The van der Waals surface area contributed by atoms with Crippen LogP contribution in [-0.4, -0.2) is 15.4 Å². The van der Waals surface area contributed by atoms with Crippen LogP contribution in [-0.2, 0) is 6.42 Å². The lowest BCUT2D eigenvalue weighted by Gasteiger charge is -2.16. The van der Waals surface area contributed by atoms with Crippen molar-refractivity contribution in [1.82, 2.24) is 9.55 Å². The number of rotatable bonds is 4. The predicted octanol–water partition coefficient (Wildman–Crippen LogP) is 4.63. The quantitative estimate of drug-likeness (QED) is 0.643. The Labute approximate surface area is 125 Å².